The van der Waals surface area contributed by atoms with Gasteiger partial charge in [0.15, 0.2) is 16.6 Å². The predicted molar refractivity (Wildman–Crippen MR) is 150 cm³/mol. The molecule has 5 rings (SSSR count). The minimum atomic E-state index is -1.06. The molecule has 3 aromatic carbocycles. The number of hydrogen-bond acceptors (Lipinski definition) is 10. The first kappa shape index (κ1) is 26.8. The fourth-order valence-electron chi connectivity index (χ4n) is 4.63. The molecular weight excluding hydrogens is 536 g/mol. The molecule has 0 spiro atoms. The number of thiazole rings is 1. The third-order valence-electron chi connectivity index (χ3n) is 6.60. The third-order valence-corrected chi connectivity index (χ3v) is 7.62. The Morgan fingerprint density at radius 2 is 1.45 bits per heavy atom. The molecule has 1 aromatic heterocycles. The van der Waals surface area contributed by atoms with E-state index < -0.39 is 17.7 Å². The monoisotopic (exact) mass is 562 g/mol. The summed E-state index contributed by atoms with van der Waals surface area (Å²) in [6.07, 6.45) is 0. The van der Waals surface area contributed by atoms with Gasteiger partial charge in [0.25, 0.3) is 5.78 Å². The molecular formula is C29H26N2O8S. The topological polar surface area (TPSA) is 117 Å². The van der Waals surface area contributed by atoms with Crippen LogP contribution >= 0.6 is 11.3 Å². The SMILES string of the molecule is COc1ccc(/C(O)=C2\C(=O)C(=O)N(c3nc4ccc(OC)cc4s3)[C@@H]2c2cc(OC)c(OC)c(OC)c2)cc1. The van der Waals surface area contributed by atoms with Gasteiger partial charge < -0.3 is 28.8 Å². The molecule has 0 aliphatic carbocycles. The highest BCUT2D eigenvalue weighted by Gasteiger charge is 2.48. The molecule has 1 aliphatic rings. The predicted octanol–water partition coefficient (Wildman–Crippen LogP) is 4.97. The van der Waals surface area contributed by atoms with Crippen LogP contribution in [0.4, 0.5) is 5.13 Å². The Balaban J connectivity index is 1.76. The highest BCUT2D eigenvalue weighted by molar-refractivity contribution is 7.22. The van der Waals surface area contributed by atoms with Crippen molar-refractivity contribution in [2.75, 3.05) is 40.4 Å². The van der Waals surface area contributed by atoms with Crippen molar-refractivity contribution in [2.45, 2.75) is 6.04 Å². The quantitative estimate of drug-likeness (QED) is 0.181. The van der Waals surface area contributed by atoms with E-state index in [9.17, 15) is 14.7 Å². The van der Waals surface area contributed by atoms with Gasteiger partial charge in [0.1, 0.15) is 17.3 Å². The fraction of sp³-hybridized carbons (Fsp3) is 0.207. The summed E-state index contributed by atoms with van der Waals surface area (Å²) in [6.45, 7) is 0. The van der Waals surface area contributed by atoms with Gasteiger partial charge in [0.2, 0.25) is 5.75 Å². The lowest BCUT2D eigenvalue weighted by molar-refractivity contribution is -0.132. The summed E-state index contributed by atoms with van der Waals surface area (Å²) in [5.74, 6) is 0.150. The van der Waals surface area contributed by atoms with Crippen molar-refractivity contribution in [1.82, 2.24) is 4.98 Å². The van der Waals surface area contributed by atoms with Crippen LogP contribution in [0.15, 0.2) is 60.2 Å². The standard InChI is InChI=1S/C29H26N2O8S/c1-35-17-8-6-15(7-9-17)25(32)23-24(16-12-20(37-3)27(39-5)21(13-16)38-4)31(28(34)26(23)33)29-30-19-11-10-18(36-2)14-22(19)40-29/h6-14,24,32H,1-5H3/b25-23+/t24-/m1/s1. The molecule has 10 nitrogen and oxygen atoms in total. The van der Waals surface area contributed by atoms with Gasteiger partial charge in [0.05, 0.1) is 57.4 Å². The van der Waals surface area contributed by atoms with Gasteiger partial charge >= 0.3 is 5.91 Å². The summed E-state index contributed by atoms with van der Waals surface area (Å²) in [6, 6.07) is 14.1. The van der Waals surface area contributed by atoms with E-state index in [2.05, 4.69) is 4.98 Å². The number of aliphatic hydroxyl groups is 1. The van der Waals surface area contributed by atoms with Crippen LogP contribution in [0.25, 0.3) is 16.0 Å². The number of Topliss-reactive ketones (excluding diaryl/α,β-unsaturated/α-hetero) is 1. The number of carbonyl (C=O) groups excluding carboxylic acids is 2. The molecule has 0 unspecified atom stereocenters. The second-order valence-corrected chi connectivity index (χ2v) is 9.70. The molecule has 1 N–H and O–H groups in total. The van der Waals surface area contributed by atoms with Crippen molar-refractivity contribution >= 4 is 44.1 Å². The molecule has 206 valence electrons. The summed E-state index contributed by atoms with van der Waals surface area (Å²) in [5, 5.41) is 11.7. The van der Waals surface area contributed by atoms with Crippen LogP contribution in [0, 0.1) is 0 Å². The molecule has 11 heteroatoms. The fourth-order valence-corrected chi connectivity index (χ4v) is 5.65. The molecule has 1 atom stereocenters. The molecule has 0 bridgehead atoms. The van der Waals surface area contributed by atoms with Gasteiger partial charge in [-0.3, -0.25) is 14.5 Å². The largest absolute Gasteiger partial charge is 0.507 e. The summed E-state index contributed by atoms with van der Waals surface area (Å²) >= 11 is 1.22. The second-order valence-electron chi connectivity index (χ2n) is 8.69. The highest BCUT2D eigenvalue weighted by atomic mass is 32.1. The average molecular weight is 563 g/mol. The number of hydrogen-bond donors (Lipinski definition) is 1. The Labute approximate surface area is 233 Å². The number of rotatable bonds is 8. The minimum Gasteiger partial charge on any atom is -0.507 e. The van der Waals surface area contributed by atoms with E-state index in [0.29, 0.717) is 45.4 Å². The maximum absolute atomic E-state index is 13.6. The molecule has 1 fully saturated rings. The van der Waals surface area contributed by atoms with Crippen molar-refractivity contribution in [3.05, 3.63) is 71.3 Å². The number of benzene rings is 3. The average Bonchev–Trinajstić information content (AvgIpc) is 3.53. The first-order valence-corrected chi connectivity index (χ1v) is 12.9. The normalized spacial score (nSPS) is 16.3. The Morgan fingerprint density at radius 3 is 2.02 bits per heavy atom. The second kappa shape index (κ2) is 10.8. The van der Waals surface area contributed by atoms with E-state index in [-0.39, 0.29) is 16.5 Å². The summed E-state index contributed by atoms with van der Waals surface area (Å²) in [5.41, 5.74) is 1.30. The molecule has 0 radical (unpaired) electrons. The van der Waals surface area contributed by atoms with Crippen LogP contribution in [0.5, 0.6) is 28.7 Å². The summed E-state index contributed by atoms with van der Waals surface area (Å²) < 4.78 is 27.8. The van der Waals surface area contributed by atoms with Gasteiger partial charge in [-0.05, 0) is 60.2 Å². The van der Waals surface area contributed by atoms with Gasteiger partial charge in [0, 0.05) is 5.56 Å². The zero-order valence-corrected chi connectivity index (χ0v) is 23.2. The number of ether oxygens (including phenoxy) is 5. The maximum atomic E-state index is 13.6. The number of fused-ring (bicyclic) bond motifs is 1. The van der Waals surface area contributed by atoms with E-state index in [1.54, 1.807) is 61.7 Å². The van der Waals surface area contributed by atoms with Gasteiger partial charge in [-0.2, -0.15) is 0 Å². The molecule has 1 saturated heterocycles. The Bertz CT molecular complexity index is 1620. The molecule has 0 saturated carbocycles. The lowest BCUT2D eigenvalue weighted by atomic mass is 9.94. The summed E-state index contributed by atoms with van der Waals surface area (Å²) in [7, 11) is 7.50. The number of amides is 1. The zero-order valence-electron chi connectivity index (χ0n) is 22.4. The van der Waals surface area contributed by atoms with Crippen molar-refractivity contribution in [3.63, 3.8) is 0 Å². The van der Waals surface area contributed by atoms with Crippen molar-refractivity contribution in [3.8, 4) is 28.7 Å². The molecule has 40 heavy (non-hydrogen) atoms. The van der Waals surface area contributed by atoms with Crippen LogP contribution in [-0.4, -0.2) is 57.3 Å². The Morgan fingerprint density at radius 1 is 0.825 bits per heavy atom. The van der Waals surface area contributed by atoms with Crippen molar-refractivity contribution in [2.24, 2.45) is 0 Å². The first-order valence-electron chi connectivity index (χ1n) is 12.0. The highest BCUT2D eigenvalue weighted by Crippen LogP contribution is 2.48. The van der Waals surface area contributed by atoms with Crippen LogP contribution < -0.4 is 28.6 Å². The van der Waals surface area contributed by atoms with Crippen LogP contribution in [0.1, 0.15) is 17.2 Å². The first-order chi connectivity index (χ1) is 19.3. The van der Waals surface area contributed by atoms with E-state index in [0.717, 1.165) is 4.70 Å². The number of carbonyl (C=O) groups is 2. The van der Waals surface area contributed by atoms with Gasteiger partial charge in [-0.15, -0.1) is 0 Å². The number of aliphatic hydroxyl groups excluding tert-OH is 1. The number of methoxy groups -OCH3 is 5. The zero-order chi connectivity index (χ0) is 28.6. The van der Waals surface area contributed by atoms with Gasteiger partial charge in [-0.25, -0.2) is 4.98 Å². The van der Waals surface area contributed by atoms with E-state index in [1.807, 2.05) is 0 Å². The number of anilines is 1. The van der Waals surface area contributed by atoms with Crippen LogP contribution in [-0.2, 0) is 9.59 Å². The minimum absolute atomic E-state index is 0.110. The van der Waals surface area contributed by atoms with Crippen LogP contribution in [0.3, 0.4) is 0 Å². The molecule has 2 heterocycles. The van der Waals surface area contributed by atoms with Crippen molar-refractivity contribution < 1.29 is 38.4 Å². The lowest BCUT2D eigenvalue weighted by Gasteiger charge is -2.24. The molecule has 4 aromatic rings. The number of nitrogens with zero attached hydrogens (tertiary/aromatic N) is 2. The van der Waals surface area contributed by atoms with Crippen LogP contribution in [0.2, 0.25) is 0 Å². The van der Waals surface area contributed by atoms with E-state index in [4.69, 9.17) is 23.7 Å². The number of ketones is 1. The van der Waals surface area contributed by atoms with Crippen molar-refractivity contribution in [1.29, 1.82) is 0 Å². The third kappa shape index (κ3) is 4.43. The molecule has 1 amide bonds. The smallest absolute Gasteiger partial charge is 0.301 e. The van der Waals surface area contributed by atoms with E-state index >= 15 is 0 Å². The van der Waals surface area contributed by atoms with E-state index in [1.165, 1.54) is 44.7 Å². The summed E-state index contributed by atoms with van der Waals surface area (Å²) in [4.78, 5) is 33.2. The maximum Gasteiger partial charge on any atom is 0.301 e. The Kier molecular flexibility index (Phi) is 7.22. The molecule has 1 aliphatic heterocycles. The lowest BCUT2D eigenvalue weighted by Crippen LogP contribution is -2.29. The number of aromatic nitrogens is 1. The Hall–Kier alpha value is -4.77. The van der Waals surface area contributed by atoms with Gasteiger partial charge in [-0.1, -0.05) is 11.3 Å².